The lowest BCUT2D eigenvalue weighted by atomic mass is 9.79. The van der Waals surface area contributed by atoms with E-state index in [1.807, 2.05) is 56.5 Å². The number of aromatic nitrogens is 4. The molecule has 0 aliphatic carbocycles. The van der Waals surface area contributed by atoms with E-state index in [0.717, 1.165) is 28.3 Å². The van der Waals surface area contributed by atoms with Crippen molar-refractivity contribution in [2.24, 2.45) is 23.7 Å². The number of fused-ring (bicyclic) bond motifs is 1. The van der Waals surface area contributed by atoms with Gasteiger partial charge in [-0.05, 0) is 64.9 Å². The van der Waals surface area contributed by atoms with Gasteiger partial charge in [0.2, 0.25) is 0 Å². The smallest absolute Gasteiger partial charge is 0.308 e. The number of allylic oxidation sites excluding steroid dienone is 3. The number of ether oxygens (including phenoxy) is 3. The Morgan fingerprint density at radius 2 is 1.82 bits per heavy atom. The third-order valence-corrected chi connectivity index (χ3v) is 11.2. The summed E-state index contributed by atoms with van der Waals surface area (Å²) < 4.78 is 20.2. The molecule has 5 rings (SSSR count). The molecule has 2 aliphatic rings. The molecule has 0 amide bonds. The first kappa shape index (κ1) is 43.0. The number of carbonyl (C=O) groups is 3. The summed E-state index contributed by atoms with van der Waals surface area (Å²) in [6.07, 6.45) is 2.72. The molecule has 4 heterocycles. The summed E-state index contributed by atoms with van der Waals surface area (Å²) in [5.41, 5.74) is 3.09. The summed E-state index contributed by atoms with van der Waals surface area (Å²) in [6, 6.07) is 9.09. The van der Waals surface area contributed by atoms with Crippen LogP contribution in [0.5, 0.6) is 0 Å². The first-order chi connectivity index (χ1) is 26.7. The van der Waals surface area contributed by atoms with Crippen LogP contribution in [0.3, 0.4) is 0 Å². The maximum absolute atomic E-state index is 13.6. The molecule has 3 N–H and O–H groups in total. The lowest BCUT2D eigenvalue weighted by molar-refractivity contribution is -0.304. The Hall–Kier alpha value is -4.18. The van der Waals surface area contributed by atoms with Crippen LogP contribution in [0.2, 0.25) is 0 Å². The van der Waals surface area contributed by atoms with Crippen LogP contribution in [0.25, 0.3) is 22.2 Å². The van der Waals surface area contributed by atoms with Gasteiger partial charge in [0.1, 0.15) is 24.2 Å². The largest absolute Gasteiger partial charge is 0.462 e. The summed E-state index contributed by atoms with van der Waals surface area (Å²) in [5.74, 6) is -3.07. The molecule has 56 heavy (non-hydrogen) atoms. The second-order valence-corrected chi connectivity index (χ2v) is 15.7. The van der Waals surface area contributed by atoms with E-state index in [1.165, 1.54) is 6.08 Å². The second-order valence-electron chi connectivity index (χ2n) is 15.7. The number of hydrogen-bond acceptors (Lipinski definition) is 13. The van der Waals surface area contributed by atoms with Crippen LogP contribution in [0, 0.1) is 23.7 Å². The topological polar surface area (TPSA) is 186 Å². The highest BCUT2D eigenvalue weighted by molar-refractivity contribution is 5.91. The fourth-order valence-corrected chi connectivity index (χ4v) is 7.88. The van der Waals surface area contributed by atoms with Gasteiger partial charge < -0.3 is 39.2 Å². The van der Waals surface area contributed by atoms with Gasteiger partial charge in [-0.25, -0.2) is 0 Å². The predicted octanol–water partition coefficient (Wildman–Crippen LogP) is 3.92. The number of likely N-dealkylation sites (N-methyl/N-ethyl adjacent to an activating group) is 1. The van der Waals surface area contributed by atoms with Gasteiger partial charge in [0.15, 0.2) is 12.1 Å². The number of rotatable bonds is 9. The van der Waals surface area contributed by atoms with Gasteiger partial charge in [-0.15, -0.1) is 5.10 Å². The van der Waals surface area contributed by atoms with Crippen LogP contribution in [-0.4, -0.2) is 121 Å². The summed E-state index contributed by atoms with van der Waals surface area (Å²) in [4.78, 5) is 45.5. The number of aliphatic hydroxyl groups excluding tert-OH is 3. The van der Waals surface area contributed by atoms with Crippen molar-refractivity contribution >= 4 is 28.9 Å². The number of para-hydroxylation sites is 1. The van der Waals surface area contributed by atoms with E-state index in [9.17, 15) is 29.7 Å². The molecule has 1 aromatic carbocycles. The van der Waals surface area contributed by atoms with Gasteiger partial charge in [-0.3, -0.25) is 19.3 Å². The van der Waals surface area contributed by atoms with Crippen LogP contribution in [0.1, 0.15) is 60.3 Å². The van der Waals surface area contributed by atoms with E-state index in [0.29, 0.717) is 18.7 Å². The SMILES string of the molecule is CC[C@H]1OC(=O)C[C@@H](O)[C@H](C)[C@@H](O[C@@H]2O[C@H](C)C(O)C(N(C)C)C2O)[C@@H](CC=O)C[C@@H](C)C(=O)/C=C/C(C)=C/[C@@H]1Cn1cc(-c2cnc3ccccc3c2)nn1. The van der Waals surface area contributed by atoms with E-state index in [4.69, 9.17) is 14.2 Å². The van der Waals surface area contributed by atoms with Gasteiger partial charge in [-0.2, -0.15) is 0 Å². The van der Waals surface area contributed by atoms with Crippen molar-refractivity contribution in [3.8, 4) is 11.3 Å². The molecule has 14 nitrogen and oxygen atoms in total. The highest BCUT2D eigenvalue weighted by Gasteiger charge is 2.47. The minimum absolute atomic E-state index is 0.00843. The van der Waals surface area contributed by atoms with E-state index in [1.54, 1.807) is 56.7 Å². The molecule has 14 heteroatoms. The van der Waals surface area contributed by atoms with Crippen molar-refractivity contribution in [1.29, 1.82) is 0 Å². The van der Waals surface area contributed by atoms with Crippen molar-refractivity contribution in [3.63, 3.8) is 0 Å². The van der Waals surface area contributed by atoms with Crippen molar-refractivity contribution in [2.75, 3.05) is 14.1 Å². The highest BCUT2D eigenvalue weighted by atomic mass is 16.7. The average molecular weight is 776 g/mol. The molecular weight excluding hydrogens is 718 g/mol. The monoisotopic (exact) mass is 775 g/mol. The number of aliphatic hydroxyl groups is 3. The number of benzene rings is 1. The molecule has 2 aliphatic heterocycles. The van der Waals surface area contributed by atoms with Crippen molar-refractivity contribution in [1.82, 2.24) is 24.9 Å². The summed E-state index contributed by atoms with van der Waals surface area (Å²) in [6.45, 7) is 9.23. The van der Waals surface area contributed by atoms with Crippen LogP contribution < -0.4 is 0 Å². The quantitative estimate of drug-likeness (QED) is 0.210. The number of aldehydes is 1. The molecule has 304 valence electrons. The molecule has 2 aromatic heterocycles. The molecule has 1 fully saturated rings. The third-order valence-electron chi connectivity index (χ3n) is 11.2. The number of carbonyl (C=O) groups excluding carboxylic acids is 3. The average Bonchev–Trinajstić information content (AvgIpc) is 3.64. The third kappa shape index (κ3) is 10.4. The standard InChI is InChI=1S/C42H57N5O9/c1-8-36-31(22-47-23-33(44-45-47)30-19-28-11-9-10-12-32(28)43-21-30)17-24(2)13-14-34(49)25(3)18-29(15-16-48)41(26(4)35(50)20-37(51)55-36)56-42-40(53)38(46(6)7)39(52)27(5)54-42/h9-14,16-17,19,21,23,25-27,29,31,35-36,38-42,50,52-53H,8,15,18,20,22H2,1-7H3/b14-13+,24-17+/t25-,26+,27-,29+,31-,35-,36-,38?,39?,40?,41-,42+/m1/s1. The first-order valence-electron chi connectivity index (χ1n) is 19.5. The van der Waals surface area contributed by atoms with Crippen LogP contribution in [0.15, 0.2) is 66.5 Å². The Morgan fingerprint density at radius 3 is 2.54 bits per heavy atom. The van der Waals surface area contributed by atoms with Crippen molar-refractivity contribution in [3.05, 3.63) is 66.5 Å². The summed E-state index contributed by atoms with van der Waals surface area (Å²) >= 11 is 0. The molecule has 0 bridgehead atoms. The van der Waals surface area contributed by atoms with Crippen molar-refractivity contribution in [2.45, 2.75) is 116 Å². The minimum atomic E-state index is -1.29. The summed E-state index contributed by atoms with van der Waals surface area (Å²) in [7, 11) is 3.45. The predicted molar refractivity (Wildman–Crippen MR) is 209 cm³/mol. The Bertz CT molecular complexity index is 1860. The van der Waals surface area contributed by atoms with Gasteiger partial charge in [0.05, 0.1) is 55.1 Å². The van der Waals surface area contributed by atoms with Gasteiger partial charge in [0, 0.05) is 41.3 Å². The number of esters is 1. The number of nitrogens with zero attached hydrogens (tertiary/aromatic N) is 5. The Balaban J connectivity index is 1.43. The lowest BCUT2D eigenvalue weighted by Gasteiger charge is -2.46. The van der Waals surface area contributed by atoms with Crippen LogP contribution in [-0.2, 0) is 35.1 Å². The molecule has 0 spiro atoms. The zero-order chi connectivity index (χ0) is 40.7. The number of hydrogen-bond donors (Lipinski definition) is 3. The number of pyridine rings is 1. The van der Waals surface area contributed by atoms with E-state index >= 15 is 0 Å². The Morgan fingerprint density at radius 1 is 1.07 bits per heavy atom. The van der Waals surface area contributed by atoms with Crippen molar-refractivity contribution < 1.29 is 43.9 Å². The molecule has 0 saturated carbocycles. The number of cyclic esters (lactones) is 1. The van der Waals surface area contributed by atoms with Gasteiger partial charge in [-0.1, -0.05) is 61.9 Å². The Labute approximate surface area is 328 Å². The molecule has 12 atom stereocenters. The van der Waals surface area contributed by atoms with E-state index in [2.05, 4.69) is 15.3 Å². The van der Waals surface area contributed by atoms with Crippen LogP contribution >= 0.6 is 0 Å². The maximum Gasteiger partial charge on any atom is 0.308 e. The minimum Gasteiger partial charge on any atom is -0.462 e. The van der Waals surface area contributed by atoms with Gasteiger partial charge >= 0.3 is 5.97 Å². The van der Waals surface area contributed by atoms with E-state index < -0.39 is 72.7 Å². The summed E-state index contributed by atoms with van der Waals surface area (Å²) in [5, 5.41) is 43.5. The van der Waals surface area contributed by atoms with Crippen LogP contribution in [0.4, 0.5) is 0 Å². The number of ketones is 1. The molecular formula is C42H57N5O9. The molecule has 3 unspecified atom stereocenters. The maximum atomic E-state index is 13.6. The fraction of sp³-hybridized carbons (Fsp3) is 0.571. The first-order valence-corrected chi connectivity index (χ1v) is 19.5. The normalized spacial score (nSPS) is 34.2. The van der Waals surface area contributed by atoms with E-state index in [-0.39, 0.29) is 31.0 Å². The zero-order valence-electron chi connectivity index (χ0n) is 33.3. The lowest BCUT2D eigenvalue weighted by Crippen LogP contribution is -2.63. The fourth-order valence-electron chi connectivity index (χ4n) is 7.88. The zero-order valence-corrected chi connectivity index (χ0v) is 33.3. The molecule has 1 saturated heterocycles. The molecule has 3 aromatic rings. The highest BCUT2D eigenvalue weighted by Crippen LogP contribution is 2.34. The second kappa shape index (κ2) is 19.3. The molecule has 0 radical (unpaired) electrons. The Kier molecular flexibility index (Phi) is 14.8. The van der Waals surface area contributed by atoms with Gasteiger partial charge in [0.25, 0.3) is 0 Å².